The van der Waals surface area contributed by atoms with Crippen molar-refractivity contribution in [3.8, 4) is 11.5 Å². The van der Waals surface area contributed by atoms with Crippen LogP contribution in [-0.4, -0.2) is 44.4 Å². The van der Waals surface area contributed by atoms with Crippen LogP contribution in [0.2, 0.25) is 10.0 Å². The van der Waals surface area contributed by atoms with Gasteiger partial charge in [-0.05, 0) is 43.2 Å². The summed E-state index contributed by atoms with van der Waals surface area (Å²) in [7, 11) is 3.19. The third-order valence-corrected chi connectivity index (χ3v) is 6.59. The van der Waals surface area contributed by atoms with Gasteiger partial charge < -0.3 is 14.2 Å². The monoisotopic (exact) mass is 466 g/mol. The van der Waals surface area contributed by atoms with Gasteiger partial charge in [-0.25, -0.2) is 4.98 Å². The largest absolute Gasteiger partial charge is 0.495 e. The number of nitrogens with zero attached hydrogens (tertiary/aromatic N) is 2. The van der Waals surface area contributed by atoms with Gasteiger partial charge in [0, 0.05) is 11.6 Å². The summed E-state index contributed by atoms with van der Waals surface area (Å²) in [6.45, 7) is 1.07. The van der Waals surface area contributed by atoms with Crippen LogP contribution in [0.25, 0.3) is 10.2 Å². The lowest BCUT2D eigenvalue weighted by Gasteiger charge is -2.23. The fourth-order valence-corrected chi connectivity index (χ4v) is 5.01. The lowest BCUT2D eigenvalue weighted by molar-refractivity contribution is 0.0917. The van der Waals surface area contributed by atoms with Crippen LogP contribution in [0.4, 0.5) is 5.13 Å². The SMILES string of the molecule is COc1ccc(OC)c2sc(N(CC3CCCO3)C(=O)c3ccc(Cl)cc3Cl)nc12. The highest BCUT2D eigenvalue weighted by atomic mass is 35.5. The highest BCUT2D eigenvalue weighted by Gasteiger charge is 2.29. The lowest BCUT2D eigenvalue weighted by atomic mass is 10.1. The van der Waals surface area contributed by atoms with Crippen LogP contribution < -0.4 is 14.4 Å². The Kier molecular flexibility index (Phi) is 6.34. The number of anilines is 1. The number of hydrogen-bond donors (Lipinski definition) is 0. The van der Waals surface area contributed by atoms with Crippen molar-refractivity contribution < 1.29 is 19.0 Å². The van der Waals surface area contributed by atoms with Crippen LogP contribution in [0.3, 0.4) is 0 Å². The first kappa shape index (κ1) is 21.2. The topological polar surface area (TPSA) is 60.9 Å². The fraction of sp³-hybridized carbons (Fsp3) is 0.333. The number of fused-ring (bicyclic) bond motifs is 1. The highest BCUT2D eigenvalue weighted by Crippen LogP contribution is 2.41. The van der Waals surface area contributed by atoms with Gasteiger partial charge in [-0.2, -0.15) is 0 Å². The molecule has 1 unspecified atom stereocenters. The molecule has 0 saturated carbocycles. The van der Waals surface area contributed by atoms with Crippen LogP contribution in [-0.2, 0) is 4.74 Å². The number of aromatic nitrogens is 1. The van der Waals surface area contributed by atoms with E-state index in [1.807, 2.05) is 6.07 Å². The zero-order valence-corrected chi connectivity index (χ0v) is 18.8. The van der Waals surface area contributed by atoms with Gasteiger partial charge in [0.25, 0.3) is 5.91 Å². The van der Waals surface area contributed by atoms with Crippen LogP contribution in [0, 0.1) is 0 Å². The van der Waals surface area contributed by atoms with Crippen molar-refractivity contribution in [1.82, 2.24) is 4.98 Å². The smallest absolute Gasteiger partial charge is 0.261 e. The summed E-state index contributed by atoms with van der Waals surface area (Å²) in [5.74, 6) is 1.02. The number of rotatable bonds is 6. The summed E-state index contributed by atoms with van der Waals surface area (Å²) >= 11 is 13.7. The predicted octanol–water partition coefficient (Wildman–Crippen LogP) is 5.45. The molecule has 1 aliphatic rings. The molecule has 0 bridgehead atoms. The average Bonchev–Trinajstić information content (AvgIpc) is 3.40. The van der Waals surface area contributed by atoms with E-state index < -0.39 is 0 Å². The third-order valence-electron chi connectivity index (χ3n) is 4.95. The summed E-state index contributed by atoms with van der Waals surface area (Å²) in [5.41, 5.74) is 1.00. The minimum absolute atomic E-state index is 0.0594. The van der Waals surface area contributed by atoms with Gasteiger partial charge in [-0.15, -0.1) is 0 Å². The maximum atomic E-state index is 13.5. The van der Waals surface area contributed by atoms with Gasteiger partial charge in [0.2, 0.25) is 0 Å². The standard InChI is InChI=1S/C21H20Cl2N2O4S/c1-27-16-7-8-17(28-2)19-18(16)24-21(30-19)25(11-13-4-3-9-29-13)20(26)14-6-5-12(22)10-15(14)23/h5-8,10,13H,3-4,9,11H2,1-2H3. The van der Waals surface area contributed by atoms with Gasteiger partial charge in [0.05, 0.1) is 37.5 Å². The number of thiazole rings is 1. The van der Waals surface area contributed by atoms with Crippen LogP contribution in [0.5, 0.6) is 11.5 Å². The molecular weight excluding hydrogens is 447 g/mol. The van der Waals surface area contributed by atoms with Crippen molar-refractivity contribution in [2.75, 3.05) is 32.3 Å². The molecule has 30 heavy (non-hydrogen) atoms. The van der Waals surface area contributed by atoms with Crippen LogP contribution in [0.1, 0.15) is 23.2 Å². The maximum absolute atomic E-state index is 13.5. The molecule has 1 atom stereocenters. The highest BCUT2D eigenvalue weighted by molar-refractivity contribution is 7.22. The van der Waals surface area contributed by atoms with E-state index in [2.05, 4.69) is 0 Å². The molecule has 0 aliphatic carbocycles. The number of hydrogen-bond acceptors (Lipinski definition) is 6. The van der Waals surface area contributed by atoms with Crippen LogP contribution >= 0.6 is 34.5 Å². The van der Waals surface area contributed by atoms with E-state index in [0.717, 1.165) is 17.5 Å². The molecule has 2 aromatic carbocycles. The van der Waals surface area contributed by atoms with E-state index in [1.54, 1.807) is 43.4 Å². The average molecular weight is 467 g/mol. The molecule has 1 fully saturated rings. The zero-order valence-electron chi connectivity index (χ0n) is 16.5. The molecule has 0 spiro atoms. The predicted molar refractivity (Wildman–Crippen MR) is 120 cm³/mol. The number of carbonyl (C=O) groups excluding carboxylic acids is 1. The van der Waals surface area contributed by atoms with Crippen molar-refractivity contribution in [3.05, 3.63) is 45.9 Å². The van der Waals surface area contributed by atoms with E-state index in [1.165, 1.54) is 11.3 Å². The number of amides is 1. The molecule has 2 heterocycles. The molecule has 6 nitrogen and oxygen atoms in total. The number of benzene rings is 2. The fourth-order valence-electron chi connectivity index (χ4n) is 3.44. The Morgan fingerprint density at radius 3 is 2.67 bits per heavy atom. The number of halogens is 2. The molecular formula is C21H20Cl2N2O4S. The molecule has 1 aromatic heterocycles. The summed E-state index contributed by atoms with van der Waals surface area (Å²) < 4.78 is 17.5. The van der Waals surface area contributed by atoms with Gasteiger partial charge in [0.15, 0.2) is 5.13 Å². The Morgan fingerprint density at radius 1 is 1.23 bits per heavy atom. The summed E-state index contributed by atoms with van der Waals surface area (Å²) in [6, 6.07) is 8.46. The van der Waals surface area contributed by atoms with Gasteiger partial charge in [0.1, 0.15) is 21.7 Å². The van der Waals surface area contributed by atoms with Gasteiger partial charge >= 0.3 is 0 Å². The number of ether oxygens (including phenoxy) is 3. The van der Waals surface area contributed by atoms with Crippen molar-refractivity contribution in [1.29, 1.82) is 0 Å². The van der Waals surface area contributed by atoms with Crippen molar-refractivity contribution in [2.24, 2.45) is 0 Å². The number of carbonyl (C=O) groups is 1. The van der Waals surface area contributed by atoms with Crippen molar-refractivity contribution in [3.63, 3.8) is 0 Å². The summed E-state index contributed by atoms with van der Waals surface area (Å²) in [6.07, 6.45) is 1.79. The third kappa shape index (κ3) is 4.07. The Morgan fingerprint density at radius 2 is 2.00 bits per heavy atom. The summed E-state index contributed by atoms with van der Waals surface area (Å²) in [4.78, 5) is 19.8. The van der Waals surface area contributed by atoms with Gasteiger partial charge in [-0.1, -0.05) is 34.5 Å². The number of methoxy groups -OCH3 is 2. The summed E-state index contributed by atoms with van der Waals surface area (Å²) in [5, 5.41) is 1.29. The second-order valence-electron chi connectivity index (χ2n) is 6.82. The molecule has 9 heteroatoms. The van der Waals surface area contributed by atoms with Gasteiger partial charge in [-0.3, -0.25) is 9.69 Å². The molecule has 0 N–H and O–H groups in total. The first-order chi connectivity index (χ1) is 14.5. The quantitative estimate of drug-likeness (QED) is 0.483. The van der Waals surface area contributed by atoms with E-state index in [4.69, 9.17) is 42.4 Å². The van der Waals surface area contributed by atoms with Crippen molar-refractivity contribution >= 4 is 55.8 Å². The Hall–Kier alpha value is -2.06. The second-order valence-corrected chi connectivity index (χ2v) is 8.64. The zero-order chi connectivity index (χ0) is 21.3. The van der Waals surface area contributed by atoms with Crippen molar-refractivity contribution in [2.45, 2.75) is 18.9 Å². The molecule has 0 radical (unpaired) electrons. The normalized spacial score (nSPS) is 16.1. The molecule has 1 amide bonds. The lowest BCUT2D eigenvalue weighted by Crippen LogP contribution is -2.37. The molecule has 3 aromatic rings. The Labute approximate surface area is 188 Å². The minimum atomic E-state index is -0.260. The molecule has 158 valence electrons. The molecule has 4 rings (SSSR count). The van der Waals surface area contributed by atoms with E-state index in [0.29, 0.717) is 50.9 Å². The van der Waals surface area contributed by atoms with Crippen LogP contribution in [0.15, 0.2) is 30.3 Å². The Bertz CT molecular complexity index is 1040. The van der Waals surface area contributed by atoms with E-state index >= 15 is 0 Å². The Balaban J connectivity index is 1.80. The molecule has 1 aliphatic heterocycles. The first-order valence-electron chi connectivity index (χ1n) is 9.42. The van der Waals surface area contributed by atoms with E-state index in [-0.39, 0.29) is 12.0 Å². The first-order valence-corrected chi connectivity index (χ1v) is 11.0. The van der Waals surface area contributed by atoms with E-state index in [9.17, 15) is 4.79 Å². The molecule has 1 saturated heterocycles. The second kappa shape index (κ2) is 8.98. The minimum Gasteiger partial charge on any atom is -0.495 e. The maximum Gasteiger partial charge on any atom is 0.261 e.